The fourth-order valence-electron chi connectivity index (χ4n) is 1.58. The average Bonchev–Trinajstić information content (AvgIpc) is 2.87. The molecule has 7 heteroatoms. The van der Waals surface area contributed by atoms with Crippen molar-refractivity contribution in [3.8, 4) is 0 Å². The lowest BCUT2D eigenvalue weighted by molar-refractivity contribution is -0.133. The Kier molecular flexibility index (Phi) is 5.50. The molecule has 0 saturated carbocycles. The van der Waals surface area contributed by atoms with Gasteiger partial charge in [0.15, 0.2) is 0 Å². The fourth-order valence-corrected chi connectivity index (χ4v) is 1.58. The van der Waals surface area contributed by atoms with Crippen molar-refractivity contribution >= 4 is 17.9 Å². The van der Waals surface area contributed by atoms with Gasteiger partial charge >= 0.3 is 12.0 Å². The van der Waals surface area contributed by atoms with E-state index in [1.54, 1.807) is 0 Å². The number of nitrogens with one attached hydrogen (secondary N) is 2. The van der Waals surface area contributed by atoms with Crippen molar-refractivity contribution < 1.29 is 24.2 Å². The Morgan fingerprint density at radius 3 is 2.47 bits per heavy atom. The number of carboxylic acid groups (broad SMARTS) is 1. The van der Waals surface area contributed by atoms with Gasteiger partial charge < -0.3 is 15.2 Å². The van der Waals surface area contributed by atoms with E-state index >= 15 is 0 Å². The van der Waals surface area contributed by atoms with Gasteiger partial charge in [-0.2, -0.15) is 0 Å². The van der Waals surface area contributed by atoms with Gasteiger partial charge in [-0.25, -0.2) is 9.59 Å². The van der Waals surface area contributed by atoms with E-state index in [1.165, 1.54) is 13.8 Å². The molecule has 1 rings (SSSR count). The molecule has 0 aromatic rings. The van der Waals surface area contributed by atoms with E-state index < -0.39 is 17.9 Å². The molecule has 1 aliphatic heterocycles. The Bertz CT molecular complexity index is 410. The monoisotopic (exact) mass is 270 g/mol. The molecule has 0 radical (unpaired) electrons. The molecule has 0 aliphatic carbocycles. The summed E-state index contributed by atoms with van der Waals surface area (Å²) < 4.78 is 5.31. The molecule has 3 amide bonds. The molecule has 1 unspecified atom stereocenters. The summed E-state index contributed by atoms with van der Waals surface area (Å²) in [6, 6.07) is -0.655. The molecule has 0 aromatic heterocycles. The van der Waals surface area contributed by atoms with Crippen LogP contribution in [0.4, 0.5) is 4.79 Å². The summed E-state index contributed by atoms with van der Waals surface area (Å²) >= 11 is 0. The number of carbonyl (C=O) groups excluding carboxylic acids is 2. The second-order valence-electron chi connectivity index (χ2n) is 4.35. The zero-order valence-electron chi connectivity index (χ0n) is 11.0. The number of rotatable bonds is 4. The quantitative estimate of drug-likeness (QED) is 0.642. The molecule has 1 saturated heterocycles. The zero-order valence-corrected chi connectivity index (χ0v) is 11.0. The van der Waals surface area contributed by atoms with Crippen LogP contribution in [-0.2, 0) is 14.3 Å². The van der Waals surface area contributed by atoms with Crippen LogP contribution in [0.3, 0.4) is 0 Å². The van der Waals surface area contributed by atoms with E-state index in [-0.39, 0.29) is 17.3 Å². The molecule has 19 heavy (non-hydrogen) atoms. The SMILES string of the molecule is C/C(C(=O)O)=C(\C)C(=O)NC(=O)NCC1CCCO1. The van der Waals surface area contributed by atoms with Crippen molar-refractivity contribution in [3.05, 3.63) is 11.1 Å². The molecular weight excluding hydrogens is 252 g/mol. The number of aliphatic carboxylic acids is 1. The third-order valence-corrected chi connectivity index (χ3v) is 2.97. The Morgan fingerprint density at radius 1 is 1.26 bits per heavy atom. The maximum atomic E-state index is 11.6. The van der Waals surface area contributed by atoms with Gasteiger partial charge in [-0.1, -0.05) is 0 Å². The van der Waals surface area contributed by atoms with Gasteiger partial charge in [0, 0.05) is 24.3 Å². The number of amides is 3. The molecule has 1 atom stereocenters. The molecule has 0 bridgehead atoms. The largest absolute Gasteiger partial charge is 0.478 e. The van der Waals surface area contributed by atoms with Crippen LogP contribution in [-0.4, -0.2) is 42.3 Å². The molecule has 0 spiro atoms. The van der Waals surface area contributed by atoms with E-state index in [0.717, 1.165) is 12.8 Å². The Balaban J connectivity index is 2.41. The Hall–Kier alpha value is -1.89. The smallest absolute Gasteiger partial charge is 0.331 e. The number of ether oxygens (including phenoxy) is 1. The van der Waals surface area contributed by atoms with Crippen molar-refractivity contribution in [1.29, 1.82) is 0 Å². The minimum absolute atomic E-state index is 0.000216. The first kappa shape index (κ1) is 15.2. The maximum Gasteiger partial charge on any atom is 0.331 e. The summed E-state index contributed by atoms with van der Waals surface area (Å²) in [7, 11) is 0. The van der Waals surface area contributed by atoms with Gasteiger partial charge in [0.2, 0.25) is 0 Å². The van der Waals surface area contributed by atoms with Crippen molar-refractivity contribution in [1.82, 2.24) is 10.6 Å². The molecular formula is C12H18N2O5. The van der Waals surface area contributed by atoms with Gasteiger partial charge in [-0.15, -0.1) is 0 Å². The van der Waals surface area contributed by atoms with Crippen LogP contribution in [0.1, 0.15) is 26.7 Å². The molecule has 1 aliphatic rings. The summed E-state index contributed by atoms with van der Waals surface area (Å²) in [5.74, 6) is -1.91. The summed E-state index contributed by atoms with van der Waals surface area (Å²) in [5.41, 5.74) is -0.0933. The first-order chi connectivity index (χ1) is 8.91. The topological polar surface area (TPSA) is 105 Å². The highest BCUT2D eigenvalue weighted by Gasteiger charge is 2.18. The van der Waals surface area contributed by atoms with Crippen LogP contribution in [0.15, 0.2) is 11.1 Å². The average molecular weight is 270 g/mol. The van der Waals surface area contributed by atoms with Gasteiger partial charge in [-0.3, -0.25) is 10.1 Å². The fraction of sp³-hybridized carbons (Fsp3) is 0.583. The third kappa shape index (κ3) is 4.70. The second-order valence-corrected chi connectivity index (χ2v) is 4.35. The highest BCUT2D eigenvalue weighted by molar-refractivity contribution is 6.07. The first-order valence-electron chi connectivity index (χ1n) is 6.03. The Morgan fingerprint density at radius 2 is 1.95 bits per heavy atom. The lowest BCUT2D eigenvalue weighted by atomic mass is 10.1. The molecule has 7 nitrogen and oxygen atoms in total. The number of carboxylic acids is 1. The zero-order chi connectivity index (χ0) is 14.4. The standard InChI is InChI=1S/C12H18N2O5/c1-7(8(2)11(16)17)10(15)14-12(18)13-6-9-4-3-5-19-9/h9H,3-6H2,1-2H3,(H,16,17)(H2,13,14,15,18)/b8-7-. The number of hydrogen-bond donors (Lipinski definition) is 3. The number of hydrogen-bond acceptors (Lipinski definition) is 4. The van der Waals surface area contributed by atoms with Crippen LogP contribution in [0, 0.1) is 0 Å². The predicted octanol–water partition coefficient (Wildman–Crippen LogP) is 0.412. The van der Waals surface area contributed by atoms with E-state index in [1.807, 2.05) is 0 Å². The van der Waals surface area contributed by atoms with Gasteiger partial charge in [0.25, 0.3) is 5.91 Å². The molecule has 1 heterocycles. The number of carbonyl (C=O) groups is 3. The lowest BCUT2D eigenvalue weighted by Gasteiger charge is -2.11. The molecule has 3 N–H and O–H groups in total. The van der Waals surface area contributed by atoms with E-state index in [4.69, 9.17) is 9.84 Å². The van der Waals surface area contributed by atoms with Crippen LogP contribution >= 0.6 is 0 Å². The van der Waals surface area contributed by atoms with E-state index in [9.17, 15) is 14.4 Å². The van der Waals surface area contributed by atoms with Crippen LogP contribution < -0.4 is 10.6 Å². The van der Waals surface area contributed by atoms with Crippen LogP contribution in [0.2, 0.25) is 0 Å². The van der Waals surface area contributed by atoms with Crippen molar-refractivity contribution in [2.75, 3.05) is 13.2 Å². The summed E-state index contributed by atoms with van der Waals surface area (Å²) in [4.78, 5) is 33.7. The Labute approximate surface area is 111 Å². The maximum absolute atomic E-state index is 11.6. The summed E-state index contributed by atoms with van der Waals surface area (Å²) in [6.07, 6.45) is 1.83. The molecule has 0 aromatic carbocycles. The van der Waals surface area contributed by atoms with Gasteiger partial charge in [0.05, 0.1) is 6.10 Å². The molecule has 1 fully saturated rings. The highest BCUT2D eigenvalue weighted by atomic mass is 16.5. The van der Waals surface area contributed by atoms with Crippen LogP contribution in [0.5, 0.6) is 0 Å². The van der Waals surface area contributed by atoms with Crippen LogP contribution in [0.25, 0.3) is 0 Å². The van der Waals surface area contributed by atoms with Crippen molar-refractivity contribution in [3.63, 3.8) is 0 Å². The van der Waals surface area contributed by atoms with E-state index in [2.05, 4.69) is 10.6 Å². The van der Waals surface area contributed by atoms with Gasteiger partial charge in [0.1, 0.15) is 0 Å². The summed E-state index contributed by atoms with van der Waals surface area (Å²) in [5, 5.41) is 13.3. The summed E-state index contributed by atoms with van der Waals surface area (Å²) in [6.45, 7) is 3.68. The van der Waals surface area contributed by atoms with Crippen molar-refractivity contribution in [2.24, 2.45) is 0 Å². The third-order valence-electron chi connectivity index (χ3n) is 2.97. The predicted molar refractivity (Wildman–Crippen MR) is 66.5 cm³/mol. The minimum Gasteiger partial charge on any atom is -0.478 e. The lowest BCUT2D eigenvalue weighted by Crippen LogP contribution is -2.43. The number of urea groups is 1. The molecule has 106 valence electrons. The normalized spacial score (nSPS) is 19.6. The minimum atomic E-state index is -1.19. The first-order valence-corrected chi connectivity index (χ1v) is 6.03. The highest BCUT2D eigenvalue weighted by Crippen LogP contribution is 2.10. The van der Waals surface area contributed by atoms with Crippen molar-refractivity contribution in [2.45, 2.75) is 32.8 Å². The van der Waals surface area contributed by atoms with Gasteiger partial charge in [-0.05, 0) is 26.7 Å². The number of imide groups is 1. The van der Waals surface area contributed by atoms with E-state index in [0.29, 0.717) is 13.2 Å². The second kappa shape index (κ2) is 6.89.